The molecule has 1 N–H and O–H groups in total. The Bertz CT molecular complexity index is 860. The Morgan fingerprint density at radius 1 is 1.22 bits per heavy atom. The van der Waals surface area contributed by atoms with Gasteiger partial charge in [-0.3, -0.25) is 9.59 Å². The number of ether oxygens (including phenoxy) is 1. The molecule has 0 unspecified atom stereocenters. The van der Waals surface area contributed by atoms with Crippen molar-refractivity contribution in [3.05, 3.63) is 59.2 Å². The van der Waals surface area contributed by atoms with Crippen LogP contribution in [0.2, 0.25) is 0 Å². The van der Waals surface area contributed by atoms with Crippen molar-refractivity contribution in [3.63, 3.8) is 0 Å². The minimum atomic E-state index is -0.621. The van der Waals surface area contributed by atoms with Crippen LogP contribution in [0.25, 0.3) is 0 Å². The van der Waals surface area contributed by atoms with Gasteiger partial charge in [-0.25, -0.2) is 0 Å². The molecular weight excluding hydrogens is 340 g/mol. The Morgan fingerprint density at radius 2 is 1.96 bits per heavy atom. The molecule has 0 aliphatic carbocycles. The Kier molecular flexibility index (Phi) is 5.49. The fraction of sp³-hybridized carbons (Fsp3) is 0.364. The second-order valence-electron chi connectivity index (χ2n) is 7.23. The number of nitrogens with one attached hydrogen (secondary N) is 1. The Balaban J connectivity index is 1.74. The van der Waals surface area contributed by atoms with E-state index in [4.69, 9.17) is 4.74 Å². The lowest BCUT2D eigenvalue weighted by Gasteiger charge is -2.20. The maximum absolute atomic E-state index is 12.8. The second-order valence-corrected chi connectivity index (χ2v) is 7.23. The number of rotatable bonds is 6. The number of carbonyl (C=O) groups is 2. The van der Waals surface area contributed by atoms with Crippen LogP contribution in [0.5, 0.6) is 5.75 Å². The molecule has 2 amide bonds. The first kappa shape index (κ1) is 19.0. The number of benzene rings is 2. The molecule has 3 rings (SSSR count). The van der Waals surface area contributed by atoms with Crippen LogP contribution in [-0.4, -0.2) is 25.0 Å². The second kappa shape index (κ2) is 7.82. The SMILES string of the molecule is CC(=O)N[C@@H]1C(=O)N(CCOc2cc(C)ccc2C(C)C)c2ccccc21. The van der Waals surface area contributed by atoms with Crippen molar-refractivity contribution in [3.8, 4) is 5.75 Å². The van der Waals surface area contributed by atoms with Crippen molar-refractivity contribution in [2.24, 2.45) is 0 Å². The predicted molar refractivity (Wildman–Crippen MR) is 106 cm³/mol. The quantitative estimate of drug-likeness (QED) is 0.848. The van der Waals surface area contributed by atoms with Crippen LogP contribution in [0.4, 0.5) is 5.69 Å². The molecule has 27 heavy (non-hydrogen) atoms. The first-order chi connectivity index (χ1) is 12.9. The van der Waals surface area contributed by atoms with E-state index in [1.54, 1.807) is 4.90 Å². The van der Waals surface area contributed by atoms with Crippen LogP contribution in [0.3, 0.4) is 0 Å². The lowest BCUT2D eigenvalue weighted by Crippen LogP contribution is -2.38. The van der Waals surface area contributed by atoms with E-state index in [2.05, 4.69) is 31.3 Å². The molecule has 0 spiro atoms. The number of hydrogen-bond acceptors (Lipinski definition) is 3. The van der Waals surface area contributed by atoms with E-state index in [-0.39, 0.29) is 11.8 Å². The Hall–Kier alpha value is -2.82. The lowest BCUT2D eigenvalue weighted by atomic mass is 10.0. The number of para-hydroxylation sites is 1. The summed E-state index contributed by atoms with van der Waals surface area (Å²) >= 11 is 0. The molecule has 0 saturated carbocycles. The van der Waals surface area contributed by atoms with Gasteiger partial charge in [-0.2, -0.15) is 0 Å². The van der Waals surface area contributed by atoms with Gasteiger partial charge in [-0.15, -0.1) is 0 Å². The highest BCUT2D eigenvalue weighted by molar-refractivity contribution is 6.06. The van der Waals surface area contributed by atoms with E-state index in [0.717, 1.165) is 28.1 Å². The number of anilines is 1. The minimum Gasteiger partial charge on any atom is -0.491 e. The van der Waals surface area contributed by atoms with Crippen molar-refractivity contribution >= 4 is 17.5 Å². The molecule has 0 fully saturated rings. The van der Waals surface area contributed by atoms with Gasteiger partial charge in [0, 0.05) is 18.2 Å². The van der Waals surface area contributed by atoms with Crippen molar-refractivity contribution in [1.82, 2.24) is 5.32 Å². The van der Waals surface area contributed by atoms with E-state index < -0.39 is 6.04 Å². The zero-order valence-corrected chi connectivity index (χ0v) is 16.3. The molecule has 2 aromatic carbocycles. The highest BCUT2D eigenvalue weighted by Gasteiger charge is 2.37. The molecule has 142 valence electrons. The fourth-order valence-corrected chi connectivity index (χ4v) is 3.45. The van der Waals surface area contributed by atoms with E-state index in [9.17, 15) is 9.59 Å². The molecule has 1 aliphatic rings. The van der Waals surface area contributed by atoms with Crippen LogP contribution >= 0.6 is 0 Å². The summed E-state index contributed by atoms with van der Waals surface area (Å²) in [6, 6.07) is 13.2. The van der Waals surface area contributed by atoms with Crippen LogP contribution in [0, 0.1) is 6.92 Å². The number of fused-ring (bicyclic) bond motifs is 1. The van der Waals surface area contributed by atoms with Gasteiger partial charge in [-0.1, -0.05) is 44.2 Å². The van der Waals surface area contributed by atoms with Crippen molar-refractivity contribution in [1.29, 1.82) is 0 Å². The maximum atomic E-state index is 12.8. The van der Waals surface area contributed by atoms with Gasteiger partial charge in [0.1, 0.15) is 18.4 Å². The van der Waals surface area contributed by atoms with E-state index in [0.29, 0.717) is 19.1 Å². The molecule has 0 saturated heterocycles. The highest BCUT2D eigenvalue weighted by atomic mass is 16.5. The Labute approximate surface area is 160 Å². The smallest absolute Gasteiger partial charge is 0.254 e. The summed E-state index contributed by atoms with van der Waals surface area (Å²) in [6.07, 6.45) is 0. The summed E-state index contributed by atoms with van der Waals surface area (Å²) in [5.41, 5.74) is 3.96. The number of hydrogen-bond donors (Lipinski definition) is 1. The summed E-state index contributed by atoms with van der Waals surface area (Å²) in [7, 11) is 0. The van der Waals surface area contributed by atoms with Gasteiger partial charge in [0.2, 0.25) is 5.91 Å². The normalized spacial score (nSPS) is 15.8. The summed E-state index contributed by atoms with van der Waals surface area (Å²) in [6.45, 7) is 8.54. The van der Waals surface area contributed by atoms with Gasteiger partial charge in [-0.05, 0) is 36.1 Å². The molecule has 2 aromatic rings. The molecule has 0 radical (unpaired) electrons. The molecule has 5 heteroatoms. The van der Waals surface area contributed by atoms with E-state index >= 15 is 0 Å². The first-order valence-electron chi connectivity index (χ1n) is 9.29. The van der Waals surface area contributed by atoms with Crippen LogP contribution < -0.4 is 15.0 Å². The topological polar surface area (TPSA) is 58.6 Å². The van der Waals surface area contributed by atoms with Gasteiger partial charge < -0.3 is 15.0 Å². The van der Waals surface area contributed by atoms with E-state index in [1.165, 1.54) is 6.92 Å². The van der Waals surface area contributed by atoms with Gasteiger partial charge in [0.15, 0.2) is 0 Å². The van der Waals surface area contributed by atoms with Gasteiger partial charge >= 0.3 is 0 Å². The number of nitrogens with zero attached hydrogens (tertiary/aromatic N) is 1. The number of aryl methyl sites for hydroxylation is 1. The third-order valence-electron chi connectivity index (χ3n) is 4.76. The predicted octanol–water partition coefficient (Wildman–Crippen LogP) is 3.72. The summed E-state index contributed by atoms with van der Waals surface area (Å²) < 4.78 is 6.04. The maximum Gasteiger partial charge on any atom is 0.254 e. The third kappa shape index (κ3) is 3.97. The van der Waals surface area contributed by atoms with Crippen molar-refractivity contribution in [2.45, 2.75) is 39.7 Å². The average molecular weight is 366 g/mol. The zero-order chi connectivity index (χ0) is 19.6. The van der Waals surface area contributed by atoms with Gasteiger partial charge in [0.25, 0.3) is 5.91 Å². The van der Waals surface area contributed by atoms with Crippen LogP contribution in [0.1, 0.15) is 49.4 Å². The molecule has 1 aliphatic heterocycles. The van der Waals surface area contributed by atoms with Crippen molar-refractivity contribution in [2.75, 3.05) is 18.1 Å². The molecule has 5 nitrogen and oxygen atoms in total. The highest BCUT2D eigenvalue weighted by Crippen LogP contribution is 2.35. The molecule has 1 atom stereocenters. The Morgan fingerprint density at radius 3 is 2.67 bits per heavy atom. The average Bonchev–Trinajstić information content (AvgIpc) is 2.87. The standard InChI is InChI=1S/C22H26N2O3/c1-14(2)17-10-9-15(3)13-20(17)27-12-11-24-19-8-6-5-7-18(19)21(22(24)26)23-16(4)25/h5-10,13-14,21H,11-12H2,1-4H3,(H,23,25)/t21-/m0/s1. The van der Waals surface area contributed by atoms with Crippen molar-refractivity contribution < 1.29 is 14.3 Å². The monoisotopic (exact) mass is 366 g/mol. The first-order valence-corrected chi connectivity index (χ1v) is 9.29. The molecule has 0 aromatic heterocycles. The molecule has 0 bridgehead atoms. The van der Waals surface area contributed by atoms with Crippen LogP contribution in [0.15, 0.2) is 42.5 Å². The summed E-state index contributed by atoms with van der Waals surface area (Å²) in [5, 5.41) is 2.75. The third-order valence-corrected chi connectivity index (χ3v) is 4.76. The lowest BCUT2D eigenvalue weighted by molar-refractivity contribution is -0.126. The van der Waals surface area contributed by atoms with Gasteiger partial charge in [0.05, 0.1) is 6.54 Å². The minimum absolute atomic E-state index is 0.122. The number of carbonyl (C=O) groups excluding carboxylic acids is 2. The summed E-state index contributed by atoms with van der Waals surface area (Å²) in [5.74, 6) is 0.883. The fourth-order valence-electron chi connectivity index (χ4n) is 3.45. The zero-order valence-electron chi connectivity index (χ0n) is 16.3. The van der Waals surface area contributed by atoms with Crippen LogP contribution in [-0.2, 0) is 9.59 Å². The largest absolute Gasteiger partial charge is 0.491 e. The summed E-state index contributed by atoms with van der Waals surface area (Å²) in [4.78, 5) is 26.0. The number of amides is 2. The molecule has 1 heterocycles. The van der Waals surface area contributed by atoms with E-state index in [1.807, 2.05) is 37.3 Å². The molecular formula is C22H26N2O3.